The summed E-state index contributed by atoms with van der Waals surface area (Å²) in [5.41, 5.74) is 8.98. The molecule has 1 aromatic rings. The normalized spacial score (nSPS) is 15.4. The Balaban J connectivity index is 2.45. The second kappa shape index (κ2) is 6.71. The zero-order valence-corrected chi connectivity index (χ0v) is 12.7. The summed E-state index contributed by atoms with van der Waals surface area (Å²) in [5.74, 6) is 6.76. The summed E-state index contributed by atoms with van der Waals surface area (Å²) in [7, 11) is 0. The number of hydrogen-bond donors (Lipinski definition) is 3. The molecule has 0 unspecified atom stereocenters. The van der Waals surface area contributed by atoms with Gasteiger partial charge in [0.2, 0.25) is 5.91 Å². The van der Waals surface area contributed by atoms with E-state index in [1.54, 1.807) is 0 Å². The van der Waals surface area contributed by atoms with Gasteiger partial charge in [0, 0.05) is 11.6 Å². The van der Waals surface area contributed by atoms with Crippen molar-refractivity contribution in [1.82, 2.24) is 9.97 Å². The number of amides is 1. The summed E-state index contributed by atoms with van der Waals surface area (Å²) in [4.78, 5) is 22.1. The van der Waals surface area contributed by atoms with Crippen LogP contribution >= 0.6 is 0 Å². The first-order chi connectivity index (χ1) is 10.0. The molecule has 7 heteroatoms. The molecule has 1 aliphatic rings. The lowest BCUT2D eigenvalue weighted by atomic mass is 10.0. The van der Waals surface area contributed by atoms with Gasteiger partial charge in [-0.05, 0) is 18.8 Å². The Morgan fingerprint density at radius 2 is 2.10 bits per heavy atom. The molecule has 7 nitrogen and oxygen atoms in total. The average Bonchev–Trinajstić information content (AvgIpc) is 2.97. The maximum Gasteiger partial charge on any atom is 0.237 e. The molecule has 0 radical (unpaired) electrons. The number of nitrogen functional groups attached to an aromatic ring is 1. The van der Waals surface area contributed by atoms with Gasteiger partial charge in [-0.15, -0.1) is 0 Å². The molecule has 0 aliphatic heterocycles. The molecule has 5 N–H and O–H groups in total. The van der Waals surface area contributed by atoms with Crippen molar-refractivity contribution in [3.8, 4) is 0 Å². The van der Waals surface area contributed by atoms with Crippen molar-refractivity contribution < 1.29 is 4.79 Å². The average molecular weight is 292 g/mol. The minimum Gasteiger partial charge on any atom is -0.368 e. The molecule has 1 fully saturated rings. The Morgan fingerprint density at radius 1 is 1.43 bits per heavy atom. The van der Waals surface area contributed by atoms with Crippen LogP contribution in [0.25, 0.3) is 0 Å². The number of anilines is 2. The topological polar surface area (TPSA) is 110 Å². The van der Waals surface area contributed by atoms with Gasteiger partial charge in [0.05, 0.1) is 6.54 Å². The van der Waals surface area contributed by atoms with Crippen LogP contribution in [0.4, 0.5) is 11.6 Å². The molecule has 1 aromatic heterocycles. The molecule has 21 heavy (non-hydrogen) atoms. The molecular formula is C14H24N6O. The zero-order chi connectivity index (χ0) is 15.4. The summed E-state index contributed by atoms with van der Waals surface area (Å²) in [6.45, 7) is 4.28. The van der Waals surface area contributed by atoms with Crippen LogP contribution < -0.4 is 21.9 Å². The van der Waals surface area contributed by atoms with E-state index < -0.39 is 0 Å². The Bertz CT molecular complexity index is 498. The largest absolute Gasteiger partial charge is 0.368 e. The van der Waals surface area contributed by atoms with Crippen molar-refractivity contribution in [2.24, 2.45) is 11.6 Å². The van der Waals surface area contributed by atoms with E-state index in [4.69, 9.17) is 11.6 Å². The predicted molar refractivity (Wildman–Crippen MR) is 82.7 cm³/mol. The minimum absolute atomic E-state index is 0.172. The molecule has 0 bridgehead atoms. The van der Waals surface area contributed by atoms with E-state index in [9.17, 15) is 4.79 Å². The molecule has 0 atom stereocenters. The van der Waals surface area contributed by atoms with Crippen molar-refractivity contribution in [3.05, 3.63) is 11.9 Å². The number of primary amides is 1. The van der Waals surface area contributed by atoms with Crippen molar-refractivity contribution in [2.75, 3.05) is 16.9 Å². The van der Waals surface area contributed by atoms with Crippen LogP contribution in [0, 0.1) is 0 Å². The van der Waals surface area contributed by atoms with Crippen LogP contribution in [0.5, 0.6) is 0 Å². The van der Waals surface area contributed by atoms with Gasteiger partial charge in [-0.1, -0.05) is 26.7 Å². The lowest BCUT2D eigenvalue weighted by Crippen LogP contribution is -2.41. The highest BCUT2D eigenvalue weighted by atomic mass is 16.1. The smallest absolute Gasteiger partial charge is 0.237 e. The van der Waals surface area contributed by atoms with E-state index in [0.717, 1.165) is 24.2 Å². The van der Waals surface area contributed by atoms with Gasteiger partial charge in [0.25, 0.3) is 0 Å². The molecule has 2 rings (SSSR count). The number of nitrogens with two attached hydrogens (primary N) is 2. The fourth-order valence-corrected chi connectivity index (χ4v) is 3.02. The van der Waals surface area contributed by atoms with Gasteiger partial charge in [-0.2, -0.15) is 0 Å². The fourth-order valence-electron chi connectivity index (χ4n) is 3.02. The second-order valence-corrected chi connectivity index (χ2v) is 5.79. The second-order valence-electron chi connectivity index (χ2n) is 5.79. The fraction of sp³-hybridized carbons (Fsp3) is 0.643. The van der Waals surface area contributed by atoms with Crippen molar-refractivity contribution >= 4 is 17.5 Å². The molecule has 1 amide bonds. The molecule has 1 saturated carbocycles. The van der Waals surface area contributed by atoms with Gasteiger partial charge in [0.15, 0.2) is 0 Å². The quantitative estimate of drug-likeness (QED) is 0.535. The molecular weight excluding hydrogens is 268 g/mol. The molecule has 0 aromatic carbocycles. The molecule has 1 heterocycles. The van der Waals surface area contributed by atoms with Gasteiger partial charge in [-0.25, -0.2) is 15.8 Å². The first-order valence-electron chi connectivity index (χ1n) is 7.41. The van der Waals surface area contributed by atoms with Crippen molar-refractivity contribution in [3.63, 3.8) is 0 Å². The van der Waals surface area contributed by atoms with E-state index in [2.05, 4.69) is 29.2 Å². The standard InChI is InChI=1S/C14H24N6O/c1-9(2)12-13(19-16)17-8-18-14(12)20(7-11(15)21)10-5-3-4-6-10/h8-10H,3-7,16H2,1-2H3,(H2,15,21)(H,17,18,19). The summed E-state index contributed by atoms with van der Waals surface area (Å²) in [6.07, 6.45) is 5.92. The maximum atomic E-state index is 11.5. The van der Waals surface area contributed by atoms with Crippen LogP contribution in [0.1, 0.15) is 51.0 Å². The summed E-state index contributed by atoms with van der Waals surface area (Å²) < 4.78 is 0. The lowest BCUT2D eigenvalue weighted by molar-refractivity contribution is -0.116. The maximum absolute atomic E-state index is 11.5. The minimum atomic E-state index is -0.350. The Hall–Kier alpha value is -1.89. The number of carbonyl (C=O) groups excluding carboxylic acids is 1. The zero-order valence-electron chi connectivity index (χ0n) is 12.7. The highest BCUT2D eigenvalue weighted by molar-refractivity contribution is 5.80. The number of rotatable bonds is 6. The molecule has 0 saturated heterocycles. The van der Waals surface area contributed by atoms with Crippen LogP contribution in [-0.4, -0.2) is 28.5 Å². The van der Waals surface area contributed by atoms with Crippen molar-refractivity contribution in [1.29, 1.82) is 0 Å². The predicted octanol–water partition coefficient (Wildman–Crippen LogP) is 1.12. The Labute approximate surface area is 125 Å². The van der Waals surface area contributed by atoms with E-state index in [1.165, 1.54) is 19.2 Å². The summed E-state index contributed by atoms with van der Waals surface area (Å²) in [6, 6.07) is 0.301. The van der Waals surface area contributed by atoms with Gasteiger partial charge >= 0.3 is 0 Å². The van der Waals surface area contributed by atoms with E-state index in [1.807, 2.05) is 4.90 Å². The van der Waals surface area contributed by atoms with Gasteiger partial charge in [-0.3, -0.25) is 4.79 Å². The lowest BCUT2D eigenvalue weighted by Gasteiger charge is -2.31. The number of carbonyl (C=O) groups is 1. The van der Waals surface area contributed by atoms with Crippen LogP contribution in [0.2, 0.25) is 0 Å². The number of aromatic nitrogens is 2. The SMILES string of the molecule is CC(C)c1c(NN)ncnc1N(CC(N)=O)C1CCCC1. The first-order valence-corrected chi connectivity index (χ1v) is 7.41. The highest BCUT2D eigenvalue weighted by Crippen LogP contribution is 2.34. The number of hydrazine groups is 1. The van der Waals surface area contributed by atoms with E-state index in [0.29, 0.717) is 11.9 Å². The van der Waals surface area contributed by atoms with Crippen LogP contribution in [-0.2, 0) is 4.79 Å². The highest BCUT2D eigenvalue weighted by Gasteiger charge is 2.28. The van der Waals surface area contributed by atoms with Crippen LogP contribution in [0.3, 0.4) is 0 Å². The van der Waals surface area contributed by atoms with Crippen LogP contribution in [0.15, 0.2) is 6.33 Å². The third-order valence-electron chi connectivity index (χ3n) is 3.94. The first kappa shape index (κ1) is 15.5. The van der Waals surface area contributed by atoms with E-state index in [-0.39, 0.29) is 18.4 Å². The molecule has 0 spiro atoms. The van der Waals surface area contributed by atoms with Gasteiger partial charge in [0.1, 0.15) is 18.0 Å². The number of nitrogens with zero attached hydrogens (tertiary/aromatic N) is 3. The molecule has 116 valence electrons. The number of hydrogen-bond acceptors (Lipinski definition) is 6. The number of nitrogens with one attached hydrogen (secondary N) is 1. The Kier molecular flexibility index (Phi) is 4.95. The summed E-state index contributed by atoms with van der Waals surface area (Å²) >= 11 is 0. The van der Waals surface area contributed by atoms with Gasteiger partial charge < -0.3 is 16.1 Å². The van der Waals surface area contributed by atoms with E-state index >= 15 is 0 Å². The third-order valence-corrected chi connectivity index (χ3v) is 3.94. The Morgan fingerprint density at radius 3 is 2.62 bits per heavy atom. The van der Waals surface area contributed by atoms with Crippen molar-refractivity contribution in [2.45, 2.75) is 51.5 Å². The molecule has 1 aliphatic carbocycles. The summed E-state index contributed by atoms with van der Waals surface area (Å²) in [5, 5.41) is 0. The third kappa shape index (κ3) is 3.41. The monoisotopic (exact) mass is 292 g/mol.